The SMILES string of the molecule is Cc1nc(Cl)cc(=O)n1CC1CCCCC1. The highest BCUT2D eigenvalue weighted by Crippen LogP contribution is 2.24. The average Bonchev–Trinajstić information content (AvgIpc) is 2.25. The molecule has 0 aromatic carbocycles. The fraction of sp³-hybridized carbons (Fsp3) is 0.667. The first-order valence-corrected chi connectivity index (χ1v) is 6.28. The van der Waals surface area contributed by atoms with Gasteiger partial charge < -0.3 is 0 Å². The Balaban J connectivity index is 2.17. The number of aromatic nitrogens is 2. The van der Waals surface area contributed by atoms with Crippen LogP contribution in [0.3, 0.4) is 0 Å². The lowest BCUT2D eigenvalue weighted by atomic mass is 9.89. The van der Waals surface area contributed by atoms with Gasteiger partial charge in [-0.1, -0.05) is 30.9 Å². The summed E-state index contributed by atoms with van der Waals surface area (Å²) < 4.78 is 1.75. The summed E-state index contributed by atoms with van der Waals surface area (Å²) in [5.41, 5.74) is -0.0249. The molecule has 1 aromatic heterocycles. The van der Waals surface area contributed by atoms with Gasteiger partial charge in [0.2, 0.25) is 0 Å². The van der Waals surface area contributed by atoms with Crippen LogP contribution in [0.1, 0.15) is 37.9 Å². The molecule has 1 heterocycles. The summed E-state index contributed by atoms with van der Waals surface area (Å²) in [5, 5.41) is 0.294. The number of rotatable bonds is 2. The van der Waals surface area contributed by atoms with Crippen molar-refractivity contribution in [3.8, 4) is 0 Å². The van der Waals surface area contributed by atoms with Crippen LogP contribution in [0.4, 0.5) is 0 Å². The van der Waals surface area contributed by atoms with E-state index < -0.39 is 0 Å². The van der Waals surface area contributed by atoms with E-state index in [1.54, 1.807) is 4.57 Å². The number of hydrogen-bond donors (Lipinski definition) is 0. The van der Waals surface area contributed by atoms with Crippen LogP contribution in [0.25, 0.3) is 0 Å². The summed E-state index contributed by atoms with van der Waals surface area (Å²) in [6, 6.07) is 1.40. The second kappa shape index (κ2) is 5.00. The summed E-state index contributed by atoms with van der Waals surface area (Å²) in [6.45, 7) is 2.64. The van der Waals surface area contributed by atoms with E-state index in [1.807, 2.05) is 6.92 Å². The standard InChI is InChI=1S/C12H17ClN2O/c1-9-14-11(13)7-12(16)15(9)8-10-5-3-2-4-6-10/h7,10H,2-6,8H2,1H3. The summed E-state index contributed by atoms with van der Waals surface area (Å²) in [7, 11) is 0. The molecule has 0 saturated heterocycles. The molecule has 1 aliphatic rings. The predicted molar refractivity (Wildman–Crippen MR) is 64.8 cm³/mol. The zero-order chi connectivity index (χ0) is 11.5. The largest absolute Gasteiger partial charge is 0.297 e. The first-order valence-electron chi connectivity index (χ1n) is 5.91. The maximum Gasteiger partial charge on any atom is 0.254 e. The summed E-state index contributed by atoms with van der Waals surface area (Å²) in [6.07, 6.45) is 6.38. The topological polar surface area (TPSA) is 34.9 Å². The Morgan fingerprint density at radius 1 is 1.44 bits per heavy atom. The third-order valence-corrected chi connectivity index (χ3v) is 3.53. The van der Waals surface area contributed by atoms with Gasteiger partial charge in [-0.05, 0) is 25.7 Å². The molecule has 2 rings (SSSR count). The van der Waals surface area contributed by atoms with Crippen molar-refractivity contribution >= 4 is 11.6 Å². The van der Waals surface area contributed by atoms with E-state index in [1.165, 1.54) is 38.2 Å². The summed E-state index contributed by atoms with van der Waals surface area (Å²) in [4.78, 5) is 15.9. The van der Waals surface area contributed by atoms with Crippen molar-refractivity contribution in [3.63, 3.8) is 0 Å². The van der Waals surface area contributed by atoms with E-state index in [9.17, 15) is 4.79 Å². The molecule has 0 radical (unpaired) electrons. The molecule has 3 nitrogen and oxygen atoms in total. The quantitative estimate of drug-likeness (QED) is 0.745. The molecule has 88 valence electrons. The zero-order valence-electron chi connectivity index (χ0n) is 9.58. The van der Waals surface area contributed by atoms with Gasteiger partial charge in [-0.25, -0.2) is 4.98 Å². The Kier molecular flexibility index (Phi) is 3.64. The molecule has 16 heavy (non-hydrogen) atoms. The van der Waals surface area contributed by atoms with Crippen LogP contribution < -0.4 is 5.56 Å². The van der Waals surface area contributed by atoms with E-state index in [2.05, 4.69) is 4.98 Å². The molecular formula is C12H17ClN2O. The maximum atomic E-state index is 11.8. The van der Waals surface area contributed by atoms with Gasteiger partial charge in [0.1, 0.15) is 11.0 Å². The van der Waals surface area contributed by atoms with E-state index in [-0.39, 0.29) is 5.56 Å². The number of hydrogen-bond acceptors (Lipinski definition) is 2. The molecule has 1 saturated carbocycles. The molecule has 0 unspecified atom stereocenters. The smallest absolute Gasteiger partial charge is 0.254 e. The van der Waals surface area contributed by atoms with Crippen LogP contribution >= 0.6 is 11.6 Å². The van der Waals surface area contributed by atoms with Crippen LogP contribution in [0.5, 0.6) is 0 Å². The van der Waals surface area contributed by atoms with E-state index in [0.29, 0.717) is 11.1 Å². The third kappa shape index (κ3) is 2.64. The Labute approximate surface area is 100 Å². The lowest BCUT2D eigenvalue weighted by molar-refractivity contribution is 0.312. The first kappa shape index (κ1) is 11.6. The van der Waals surface area contributed by atoms with Crippen LogP contribution in [0, 0.1) is 12.8 Å². The van der Waals surface area contributed by atoms with E-state index in [0.717, 1.165) is 12.4 Å². The van der Waals surface area contributed by atoms with Crippen molar-refractivity contribution in [2.45, 2.75) is 45.6 Å². The van der Waals surface area contributed by atoms with Crippen molar-refractivity contribution in [1.29, 1.82) is 0 Å². The normalized spacial score (nSPS) is 17.6. The minimum Gasteiger partial charge on any atom is -0.297 e. The summed E-state index contributed by atoms with van der Waals surface area (Å²) >= 11 is 5.74. The first-order chi connectivity index (χ1) is 7.66. The van der Waals surface area contributed by atoms with Gasteiger partial charge in [-0.3, -0.25) is 9.36 Å². The molecule has 4 heteroatoms. The van der Waals surface area contributed by atoms with Gasteiger partial charge in [0.05, 0.1) is 0 Å². The Morgan fingerprint density at radius 3 is 2.75 bits per heavy atom. The van der Waals surface area contributed by atoms with Crippen LogP contribution in [0.2, 0.25) is 5.15 Å². The molecule has 1 aliphatic carbocycles. The Hall–Kier alpha value is -0.830. The third-order valence-electron chi connectivity index (χ3n) is 3.33. The average molecular weight is 241 g/mol. The molecule has 0 bridgehead atoms. The van der Waals surface area contributed by atoms with Crippen molar-refractivity contribution in [2.24, 2.45) is 5.92 Å². The molecule has 0 aliphatic heterocycles. The van der Waals surface area contributed by atoms with Crippen molar-refractivity contribution in [1.82, 2.24) is 9.55 Å². The highest BCUT2D eigenvalue weighted by molar-refractivity contribution is 6.29. The van der Waals surface area contributed by atoms with Crippen LogP contribution in [0.15, 0.2) is 10.9 Å². The second-order valence-electron chi connectivity index (χ2n) is 4.58. The Bertz CT molecular complexity index is 422. The van der Waals surface area contributed by atoms with Gasteiger partial charge in [0.15, 0.2) is 0 Å². The highest BCUT2D eigenvalue weighted by atomic mass is 35.5. The van der Waals surface area contributed by atoms with Crippen molar-refractivity contribution in [2.75, 3.05) is 0 Å². The second-order valence-corrected chi connectivity index (χ2v) is 4.97. The lowest BCUT2D eigenvalue weighted by Crippen LogP contribution is -2.27. The van der Waals surface area contributed by atoms with Gasteiger partial charge in [-0.15, -0.1) is 0 Å². The maximum absolute atomic E-state index is 11.8. The molecule has 1 aromatic rings. The van der Waals surface area contributed by atoms with Gasteiger partial charge in [0, 0.05) is 12.6 Å². The lowest BCUT2D eigenvalue weighted by Gasteiger charge is -2.22. The van der Waals surface area contributed by atoms with Crippen LogP contribution in [-0.4, -0.2) is 9.55 Å². The minimum absolute atomic E-state index is 0.0249. The van der Waals surface area contributed by atoms with Gasteiger partial charge >= 0.3 is 0 Å². The van der Waals surface area contributed by atoms with Gasteiger partial charge in [-0.2, -0.15) is 0 Å². The minimum atomic E-state index is -0.0249. The zero-order valence-corrected chi connectivity index (χ0v) is 10.3. The molecular weight excluding hydrogens is 224 g/mol. The monoisotopic (exact) mass is 240 g/mol. The fourth-order valence-corrected chi connectivity index (χ4v) is 2.65. The molecule has 0 spiro atoms. The molecule has 1 fully saturated rings. The molecule has 0 N–H and O–H groups in total. The van der Waals surface area contributed by atoms with E-state index >= 15 is 0 Å². The summed E-state index contributed by atoms with van der Waals surface area (Å²) in [5.74, 6) is 1.36. The van der Waals surface area contributed by atoms with Gasteiger partial charge in [0.25, 0.3) is 5.56 Å². The predicted octanol–water partition coefficient (Wildman–Crippen LogP) is 2.79. The molecule has 0 atom stereocenters. The van der Waals surface area contributed by atoms with Crippen molar-refractivity contribution < 1.29 is 0 Å². The van der Waals surface area contributed by atoms with Crippen LogP contribution in [-0.2, 0) is 6.54 Å². The number of aryl methyl sites for hydroxylation is 1. The molecule has 0 amide bonds. The highest BCUT2D eigenvalue weighted by Gasteiger charge is 2.15. The fourth-order valence-electron chi connectivity index (χ4n) is 2.44. The number of nitrogens with zero attached hydrogens (tertiary/aromatic N) is 2. The Morgan fingerprint density at radius 2 is 2.12 bits per heavy atom. The number of halogens is 1. The van der Waals surface area contributed by atoms with Crippen molar-refractivity contribution in [3.05, 3.63) is 27.4 Å². The van der Waals surface area contributed by atoms with E-state index in [4.69, 9.17) is 11.6 Å².